The van der Waals surface area contributed by atoms with E-state index in [2.05, 4.69) is 19.9 Å². The first-order valence-corrected chi connectivity index (χ1v) is 5.67. The Bertz CT molecular complexity index is 444. The number of aromatic nitrogens is 4. The minimum Gasteiger partial charge on any atom is -0.396 e. The number of fused-ring (bicyclic) bond motifs is 1. The Labute approximate surface area is 91.4 Å². The lowest BCUT2D eigenvalue weighted by Gasteiger charge is -2.06. The molecule has 1 atom stereocenters. The van der Waals surface area contributed by atoms with Crippen LogP contribution in [0.25, 0.3) is 11.2 Å². The van der Waals surface area contributed by atoms with E-state index in [1.807, 2.05) is 6.92 Å². The third kappa shape index (κ3) is 2.27. The van der Waals surface area contributed by atoms with Crippen molar-refractivity contribution < 1.29 is 5.11 Å². The predicted molar refractivity (Wildman–Crippen MR) is 58.7 cm³/mol. The quantitative estimate of drug-likeness (QED) is 0.600. The van der Waals surface area contributed by atoms with Gasteiger partial charge in [-0.05, 0) is 5.92 Å². The van der Waals surface area contributed by atoms with Crippen molar-refractivity contribution in [1.82, 2.24) is 19.9 Å². The summed E-state index contributed by atoms with van der Waals surface area (Å²) in [4.78, 5) is 15.3. The third-order valence-corrected chi connectivity index (χ3v) is 3.32. The number of thioether (sulfide) groups is 1. The summed E-state index contributed by atoms with van der Waals surface area (Å²) in [6.07, 6.45) is 3.12. The summed E-state index contributed by atoms with van der Waals surface area (Å²) in [6.45, 7) is 2.20. The average Bonchev–Trinajstić information content (AvgIpc) is 2.74. The van der Waals surface area contributed by atoms with Gasteiger partial charge in [-0.25, -0.2) is 15.0 Å². The highest BCUT2D eigenvalue weighted by Crippen LogP contribution is 2.23. The van der Waals surface area contributed by atoms with Crippen molar-refractivity contribution in [3.05, 3.63) is 12.7 Å². The average molecular weight is 224 g/mol. The Kier molecular flexibility index (Phi) is 3.17. The van der Waals surface area contributed by atoms with Crippen LogP contribution in [0.1, 0.15) is 6.92 Å². The molecule has 0 aromatic carbocycles. The van der Waals surface area contributed by atoms with Crippen LogP contribution in [0.5, 0.6) is 0 Å². The van der Waals surface area contributed by atoms with E-state index >= 15 is 0 Å². The molecule has 0 saturated heterocycles. The lowest BCUT2D eigenvalue weighted by atomic mass is 10.2. The number of H-pyrrole nitrogens is 1. The van der Waals surface area contributed by atoms with Gasteiger partial charge in [0.15, 0.2) is 5.65 Å². The normalized spacial score (nSPS) is 13.2. The third-order valence-electron chi connectivity index (χ3n) is 2.00. The second-order valence-electron chi connectivity index (χ2n) is 3.38. The maximum atomic E-state index is 8.92. The van der Waals surface area contributed by atoms with Crippen molar-refractivity contribution >= 4 is 22.9 Å². The largest absolute Gasteiger partial charge is 0.396 e. The fraction of sp³-hybridized carbons (Fsp3) is 0.444. The first-order chi connectivity index (χ1) is 7.31. The molecule has 0 spiro atoms. The lowest BCUT2D eigenvalue weighted by Crippen LogP contribution is -2.03. The zero-order chi connectivity index (χ0) is 10.7. The summed E-state index contributed by atoms with van der Waals surface area (Å²) >= 11 is 1.60. The molecule has 2 heterocycles. The predicted octanol–water partition coefficient (Wildman–Crippen LogP) is 1.07. The fourth-order valence-electron chi connectivity index (χ4n) is 1.13. The Morgan fingerprint density at radius 2 is 2.33 bits per heavy atom. The molecule has 0 radical (unpaired) electrons. The summed E-state index contributed by atoms with van der Waals surface area (Å²) in [5.41, 5.74) is 1.55. The van der Waals surface area contributed by atoms with Gasteiger partial charge in [-0.3, -0.25) is 0 Å². The van der Waals surface area contributed by atoms with Gasteiger partial charge in [0.05, 0.1) is 6.33 Å². The highest BCUT2D eigenvalue weighted by atomic mass is 32.2. The number of hydrogen-bond acceptors (Lipinski definition) is 5. The Morgan fingerprint density at radius 1 is 1.47 bits per heavy atom. The van der Waals surface area contributed by atoms with Crippen LogP contribution >= 0.6 is 11.8 Å². The number of nitrogens with one attached hydrogen (secondary N) is 1. The molecular formula is C9H12N4OS. The van der Waals surface area contributed by atoms with Crippen molar-refractivity contribution in [3.8, 4) is 0 Å². The molecule has 0 aliphatic carbocycles. The first-order valence-electron chi connectivity index (χ1n) is 4.69. The summed E-state index contributed by atoms with van der Waals surface area (Å²) in [5, 5.41) is 9.81. The summed E-state index contributed by atoms with van der Waals surface area (Å²) in [5.74, 6) is 1.10. The van der Waals surface area contributed by atoms with E-state index in [-0.39, 0.29) is 12.5 Å². The molecule has 5 nitrogen and oxygen atoms in total. The number of aromatic amines is 1. The van der Waals surface area contributed by atoms with Crippen LogP contribution in [0.3, 0.4) is 0 Å². The van der Waals surface area contributed by atoms with Crippen LogP contribution < -0.4 is 0 Å². The molecule has 1 unspecified atom stereocenters. The van der Waals surface area contributed by atoms with Gasteiger partial charge >= 0.3 is 0 Å². The summed E-state index contributed by atoms with van der Waals surface area (Å²) < 4.78 is 0. The van der Waals surface area contributed by atoms with Crippen LogP contribution in [0.2, 0.25) is 0 Å². The number of hydrogen-bond donors (Lipinski definition) is 2. The van der Waals surface area contributed by atoms with Gasteiger partial charge < -0.3 is 10.1 Å². The number of nitrogens with zero attached hydrogens (tertiary/aromatic N) is 3. The van der Waals surface area contributed by atoms with E-state index in [1.54, 1.807) is 18.1 Å². The first kappa shape index (κ1) is 10.4. The molecule has 15 heavy (non-hydrogen) atoms. The molecule has 2 aromatic heterocycles. The SMILES string of the molecule is CC(CO)CSc1ncnc2nc[nH]c12. The zero-order valence-electron chi connectivity index (χ0n) is 8.34. The smallest absolute Gasteiger partial charge is 0.181 e. The van der Waals surface area contributed by atoms with Crippen LogP contribution in [0, 0.1) is 5.92 Å². The highest BCUT2D eigenvalue weighted by Gasteiger charge is 2.08. The number of rotatable bonds is 4. The molecule has 2 N–H and O–H groups in total. The van der Waals surface area contributed by atoms with E-state index in [1.165, 1.54) is 6.33 Å². The topological polar surface area (TPSA) is 74.7 Å². The molecule has 6 heteroatoms. The fourth-order valence-corrected chi connectivity index (χ4v) is 2.09. The van der Waals surface area contributed by atoms with Gasteiger partial charge in [0.25, 0.3) is 0 Å². The maximum absolute atomic E-state index is 8.92. The number of aliphatic hydroxyl groups excluding tert-OH is 1. The summed E-state index contributed by atoms with van der Waals surface area (Å²) in [7, 11) is 0. The van der Waals surface area contributed by atoms with Crippen LogP contribution in [-0.2, 0) is 0 Å². The molecule has 80 valence electrons. The Balaban J connectivity index is 2.17. The van der Waals surface area contributed by atoms with Gasteiger partial charge in [0.2, 0.25) is 0 Å². The van der Waals surface area contributed by atoms with Crippen molar-refractivity contribution in [2.45, 2.75) is 11.9 Å². The van der Waals surface area contributed by atoms with E-state index < -0.39 is 0 Å². The van der Waals surface area contributed by atoms with E-state index in [4.69, 9.17) is 5.11 Å². The van der Waals surface area contributed by atoms with Crippen molar-refractivity contribution in [3.63, 3.8) is 0 Å². The Hall–Kier alpha value is -1.14. The van der Waals surface area contributed by atoms with E-state index in [9.17, 15) is 0 Å². The van der Waals surface area contributed by atoms with Gasteiger partial charge in [-0.15, -0.1) is 11.8 Å². The Morgan fingerprint density at radius 3 is 3.13 bits per heavy atom. The van der Waals surface area contributed by atoms with Gasteiger partial charge in [0, 0.05) is 12.4 Å². The second kappa shape index (κ2) is 4.59. The molecule has 2 rings (SSSR count). The lowest BCUT2D eigenvalue weighted by molar-refractivity contribution is 0.250. The molecule has 0 fully saturated rings. The van der Waals surface area contributed by atoms with Gasteiger partial charge in [0.1, 0.15) is 16.9 Å². The standard InChI is InChI=1S/C9H12N4OS/c1-6(2-14)3-15-9-7-8(11-4-10-7)12-5-13-9/h4-6,14H,2-3H2,1H3,(H,10,11,12,13). The number of imidazole rings is 1. The van der Waals surface area contributed by atoms with E-state index in [0.29, 0.717) is 5.65 Å². The van der Waals surface area contributed by atoms with Crippen molar-refractivity contribution in [2.75, 3.05) is 12.4 Å². The highest BCUT2D eigenvalue weighted by molar-refractivity contribution is 7.99. The minimum absolute atomic E-state index is 0.199. The minimum atomic E-state index is 0.199. The van der Waals surface area contributed by atoms with Crippen LogP contribution in [0.4, 0.5) is 0 Å². The molecule has 0 saturated carbocycles. The van der Waals surface area contributed by atoms with E-state index in [0.717, 1.165) is 16.3 Å². The van der Waals surface area contributed by atoms with Gasteiger partial charge in [-0.1, -0.05) is 6.92 Å². The summed E-state index contributed by atoms with van der Waals surface area (Å²) in [6, 6.07) is 0. The second-order valence-corrected chi connectivity index (χ2v) is 4.39. The molecule has 0 aliphatic rings. The monoisotopic (exact) mass is 224 g/mol. The molecule has 0 amide bonds. The molecule has 2 aromatic rings. The zero-order valence-corrected chi connectivity index (χ0v) is 9.16. The van der Waals surface area contributed by atoms with Crippen molar-refractivity contribution in [2.24, 2.45) is 5.92 Å². The van der Waals surface area contributed by atoms with Crippen LogP contribution in [0.15, 0.2) is 17.7 Å². The molecular weight excluding hydrogens is 212 g/mol. The maximum Gasteiger partial charge on any atom is 0.181 e. The van der Waals surface area contributed by atoms with Gasteiger partial charge in [-0.2, -0.15) is 0 Å². The molecule has 0 bridgehead atoms. The van der Waals surface area contributed by atoms with Crippen LogP contribution in [-0.4, -0.2) is 37.4 Å². The molecule has 0 aliphatic heterocycles. The number of aliphatic hydroxyl groups is 1. The van der Waals surface area contributed by atoms with Crippen molar-refractivity contribution in [1.29, 1.82) is 0 Å².